The van der Waals surface area contributed by atoms with Crippen LogP contribution in [0.3, 0.4) is 0 Å². The molecule has 8 nitrogen and oxygen atoms in total. The molecule has 0 saturated carbocycles. The largest absolute Gasteiger partial charge is 0.326 e. The summed E-state index contributed by atoms with van der Waals surface area (Å²) in [5.74, 6) is -0.403. The van der Waals surface area contributed by atoms with Crippen molar-refractivity contribution in [1.82, 2.24) is 4.31 Å². The van der Waals surface area contributed by atoms with Crippen molar-refractivity contribution >= 4 is 27.3 Å². The highest BCUT2D eigenvalue weighted by atomic mass is 32.2. The van der Waals surface area contributed by atoms with Gasteiger partial charge in [0.15, 0.2) is 0 Å². The molecule has 1 amide bonds. The Morgan fingerprint density at radius 2 is 1.81 bits per heavy atom. The number of anilines is 1. The van der Waals surface area contributed by atoms with Crippen molar-refractivity contribution in [3.05, 3.63) is 63.7 Å². The van der Waals surface area contributed by atoms with E-state index in [9.17, 15) is 23.3 Å². The molecule has 0 radical (unpaired) electrons. The third-order valence-corrected chi connectivity index (χ3v) is 7.63. The van der Waals surface area contributed by atoms with Crippen LogP contribution in [0.1, 0.15) is 37.3 Å². The first-order valence-electron chi connectivity index (χ1n) is 10.4. The Bertz CT molecular complexity index is 1060. The standard InChI is InChI=1S/C22H27N3O5S/c1-3-4-17-6-8-19(9-7-17)23-22(26)18-11-13-24(14-12-18)31(29,30)21-15-20(25(27)28)10-5-16(21)2/h5-10,15,18H,3-4,11-14H2,1-2H3,(H,23,26). The van der Waals surface area contributed by atoms with Crippen LogP contribution >= 0.6 is 0 Å². The average Bonchev–Trinajstić information content (AvgIpc) is 2.75. The summed E-state index contributed by atoms with van der Waals surface area (Å²) in [4.78, 5) is 23.0. The number of carbonyl (C=O) groups excluding carboxylic acids is 1. The predicted octanol–water partition coefficient (Wildman–Crippen LogP) is 3.90. The van der Waals surface area contributed by atoms with Crippen molar-refractivity contribution in [2.24, 2.45) is 5.92 Å². The lowest BCUT2D eigenvalue weighted by Crippen LogP contribution is -2.41. The van der Waals surface area contributed by atoms with Crippen LogP contribution in [0.4, 0.5) is 11.4 Å². The molecule has 3 rings (SSSR count). The summed E-state index contributed by atoms with van der Waals surface area (Å²) in [5.41, 5.74) is 2.14. The maximum atomic E-state index is 13.0. The van der Waals surface area contributed by atoms with Crippen molar-refractivity contribution in [2.75, 3.05) is 18.4 Å². The summed E-state index contributed by atoms with van der Waals surface area (Å²) in [5, 5.41) is 14.0. The first kappa shape index (κ1) is 22.9. The molecule has 2 aromatic rings. The SMILES string of the molecule is CCCc1ccc(NC(=O)C2CCN(S(=O)(=O)c3cc([N+](=O)[O-])ccc3C)CC2)cc1. The molecule has 31 heavy (non-hydrogen) atoms. The smallest absolute Gasteiger partial charge is 0.270 e. The van der Waals surface area contributed by atoms with E-state index in [1.54, 1.807) is 6.92 Å². The van der Waals surface area contributed by atoms with Crippen LogP contribution < -0.4 is 5.32 Å². The highest BCUT2D eigenvalue weighted by molar-refractivity contribution is 7.89. The van der Waals surface area contributed by atoms with Crippen LogP contribution in [0, 0.1) is 23.0 Å². The summed E-state index contributed by atoms with van der Waals surface area (Å²) in [7, 11) is -3.87. The maximum Gasteiger partial charge on any atom is 0.270 e. The Labute approximate surface area is 182 Å². The molecule has 0 aliphatic carbocycles. The number of hydrogen-bond acceptors (Lipinski definition) is 5. The summed E-state index contributed by atoms with van der Waals surface area (Å²) in [6.07, 6.45) is 2.84. The molecular formula is C22H27N3O5S. The molecule has 0 unspecified atom stereocenters. The number of non-ortho nitro benzene ring substituents is 1. The average molecular weight is 446 g/mol. The van der Waals surface area contributed by atoms with E-state index in [-0.39, 0.29) is 35.5 Å². The van der Waals surface area contributed by atoms with Crippen LogP contribution in [0.15, 0.2) is 47.4 Å². The fourth-order valence-electron chi connectivity index (χ4n) is 3.77. The molecule has 1 aliphatic rings. The number of sulfonamides is 1. The van der Waals surface area contributed by atoms with E-state index in [4.69, 9.17) is 0 Å². The van der Waals surface area contributed by atoms with Gasteiger partial charge in [-0.1, -0.05) is 31.5 Å². The van der Waals surface area contributed by atoms with Crippen molar-refractivity contribution in [1.29, 1.82) is 0 Å². The minimum absolute atomic E-state index is 0.0585. The van der Waals surface area contributed by atoms with E-state index in [0.29, 0.717) is 18.4 Å². The van der Waals surface area contributed by atoms with Gasteiger partial charge in [0.05, 0.1) is 9.82 Å². The number of hydrogen-bond donors (Lipinski definition) is 1. The monoisotopic (exact) mass is 445 g/mol. The summed E-state index contributed by atoms with van der Waals surface area (Å²) < 4.78 is 27.4. The van der Waals surface area contributed by atoms with E-state index in [1.165, 1.54) is 22.0 Å². The van der Waals surface area contributed by atoms with Gasteiger partial charge in [0, 0.05) is 36.8 Å². The molecule has 1 heterocycles. The lowest BCUT2D eigenvalue weighted by atomic mass is 9.97. The number of benzene rings is 2. The third-order valence-electron chi connectivity index (χ3n) is 5.59. The number of aryl methyl sites for hydroxylation is 2. The van der Waals surface area contributed by atoms with Gasteiger partial charge in [-0.3, -0.25) is 14.9 Å². The van der Waals surface area contributed by atoms with Crippen LogP contribution in [-0.4, -0.2) is 36.6 Å². The Balaban J connectivity index is 1.64. The second-order valence-electron chi connectivity index (χ2n) is 7.82. The first-order chi connectivity index (χ1) is 14.7. The summed E-state index contributed by atoms with van der Waals surface area (Å²) >= 11 is 0. The van der Waals surface area contributed by atoms with Gasteiger partial charge in [-0.15, -0.1) is 0 Å². The van der Waals surface area contributed by atoms with Crippen molar-refractivity contribution in [3.8, 4) is 0 Å². The van der Waals surface area contributed by atoms with E-state index >= 15 is 0 Å². The second kappa shape index (κ2) is 9.57. The van der Waals surface area contributed by atoms with E-state index < -0.39 is 14.9 Å². The van der Waals surface area contributed by atoms with Gasteiger partial charge < -0.3 is 5.32 Å². The predicted molar refractivity (Wildman–Crippen MR) is 118 cm³/mol. The molecule has 1 N–H and O–H groups in total. The minimum atomic E-state index is -3.87. The van der Waals surface area contributed by atoms with Gasteiger partial charge >= 0.3 is 0 Å². The van der Waals surface area contributed by atoms with Crippen LogP contribution in [0.5, 0.6) is 0 Å². The number of nitro benzene ring substituents is 1. The lowest BCUT2D eigenvalue weighted by molar-refractivity contribution is -0.385. The number of amides is 1. The van der Waals surface area contributed by atoms with Crippen LogP contribution in [0.2, 0.25) is 0 Å². The molecular weight excluding hydrogens is 418 g/mol. The molecule has 0 bridgehead atoms. The number of piperidine rings is 1. The van der Waals surface area contributed by atoms with Crippen molar-refractivity contribution < 1.29 is 18.1 Å². The lowest BCUT2D eigenvalue weighted by Gasteiger charge is -2.30. The number of nitrogens with one attached hydrogen (secondary N) is 1. The number of rotatable bonds is 7. The molecule has 166 valence electrons. The topological polar surface area (TPSA) is 110 Å². The summed E-state index contributed by atoms with van der Waals surface area (Å²) in [6, 6.07) is 11.6. The molecule has 0 spiro atoms. The Kier molecular flexibility index (Phi) is 7.07. The Hall–Kier alpha value is -2.78. The zero-order valence-electron chi connectivity index (χ0n) is 17.7. The van der Waals surface area contributed by atoms with E-state index in [2.05, 4.69) is 12.2 Å². The number of nitrogens with zero attached hydrogens (tertiary/aromatic N) is 2. The highest BCUT2D eigenvalue weighted by Gasteiger charge is 2.33. The fraction of sp³-hybridized carbons (Fsp3) is 0.409. The Morgan fingerprint density at radius 1 is 1.16 bits per heavy atom. The van der Waals surface area contributed by atoms with E-state index in [1.807, 2.05) is 24.3 Å². The summed E-state index contributed by atoms with van der Waals surface area (Å²) in [6.45, 7) is 4.11. The van der Waals surface area contributed by atoms with Gasteiger partial charge in [-0.25, -0.2) is 8.42 Å². The zero-order chi connectivity index (χ0) is 22.6. The zero-order valence-corrected chi connectivity index (χ0v) is 18.5. The van der Waals surface area contributed by atoms with Crippen LogP contribution in [-0.2, 0) is 21.2 Å². The molecule has 0 atom stereocenters. The van der Waals surface area contributed by atoms with Gasteiger partial charge in [0.2, 0.25) is 15.9 Å². The number of nitro groups is 1. The van der Waals surface area contributed by atoms with Crippen molar-refractivity contribution in [3.63, 3.8) is 0 Å². The second-order valence-corrected chi connectivity index (χ2v) is 9.73. The Morgan fingerprint density at radius 3 is 2.39 bits per heavy atom. The molecule has 0 aromatic heterocycles. The number of carbonyl (C=O) groups is 1. The molecule has 1 aliphatic heterocycles. The van der Waals surface area contributed by atoms with Gasteiger partial charge in [0.25, 0.3) is 5.69 Å². The molecule has 1 fully saturated rings. The minimum Gasteiger partial charge on any atom is -0.326 e. The van der Waals surface area contributed by atoms with Crippen molar-refractivity contribution in [2.45, 2.75) is 44.4 Å². The van der Waals surface area contributed by atoms with Gasteiger partial charge in [-0.05, 0) is 49.4 Å². The highest BCUT2D eigenvalue weighted by Crippen LogP contribution is 2.28. The first-order valence-corrected chi connectivity index (χ1v) is 11.8. The van der Waals surface area contributed by atoms with Gasteiger partial charge in [0.1, 0.15) is 0 Å². The molecule has 1 saturated heterocycles. The fourth-order valence-corrected chi connectivity index (χ4v) is 5.48. The normalized spacial score (nSPS) is 15.5. The molecule has 9 heteroatoms. The quantitative estimate of drug-likeness (QED) is 0.513. The third kappa shape index (κ3) is 5.29. The van der Waals surface area contributed by atoms with Gasteiger partial charge in [-0.2, -0.15) is 4.31 Å². The van der Waals surface area contributed by atoms with Crippen LogP contribution in [0.25, 0.3) is 0 Å². The molecule has 2 aromatic carbocycles. The maximum absolute atomic E-state index is 13.0. The van der Waals surface area contributed by atoms with E-state index in [0.717, 1.165) is 24.6 Å².